The summed E-state index contributed by atoms with van der Waals surface area (Å²) in [6.07, 6.45) is 2.24. The van der Waals surface area contributed by atoms with Gasteiger partial charge in [0.25, 0.3) is 0 Å². The van der Waals surface area contributed by atoms with Gasteiger partial charge in [0.1, 0.15) is 0 Å². The highest BCUT2D eigenvalue weighted by Crippen LogP contribution is 2.26. The molecular weight excluding hydrogens is 320 g/mol. The molecule has 1 aliphatic rings. The number of amides is 1. The lowest BCUT2D eigenvalue weighted by atomic mass is 10.2. The van der Waals surface area contributed by atoms with Crippen molar-refractivity contribution in [3.8, 4) is 0 Å². The van der Waals surface area contributed by atoms with Crippen LogP contribution in [0.5, 0.6) is 0 Å². The van der Waals surface area contributed by atoms with E-state index in [0.717, 1.165) is 15.8 Å². The first kappa shape index (κ1) is 15.3. The van der Waals surface area contributed by atoms with Gasteiger partial charge in [-0.3, -0.25) is 9.78 Å². The van der Waals surface area contributed by atoms with Crippen LogP contribution in [0.1, 0.15) is 6.42 Å². The predicted octanol–water partition coefficient (Wildman–Crippen LogP) is 1.63. The van der Waals surface area contributed by atoms with Gasteiger partial charge in [-0.1, -0.05) is 18.2 Å². The van der Waals surface area contributed by atoms with Crippen molar-refractivity contribution >= 4 is 38.4 Å². The summed E-state index contributed by atoms with van der Waals surface area (Å²) in [7, 11) is -2.97. The van der Waals surface area contributed by atoms with Gasteiger partial charge in [-0.05, 0) is 18.6 Å². The number of hydrogen-bond donors (Lipinski definition) is 1. The SMILES string of the molecule is O=C(CSc1cccc2cccnc12)N[C@H]1CCS(=O)(=O)C1. The van der Waals surface area contributed by atoms with Crippen LogP contribution in [0, 0.1) is 0 Å². The Kier molecular flexibility index (Phi) is 4.35. The topological polar surface area (TPSA) is 76.1 Å². The van der Waals surface area contributed by atoms with Gasteiger partial charge in [0, 0.05) is 22.5 Å². The molecule has 1 atom stereocenters. The second-order valence-corrected chi connectivity index (χ2v) is 8.53. The van der Waals surface area contributed by atoms with Crippen LogP contribution in [0.4, 0.5) is 0 Å². The van der Waals surface area contributed by atoms with E-state index in [2.05, 4.69) is 10.3 Å². The number of carbonyl (C=O) groups excluding carboxylic acids is 1. The quantitative estimate of drug-likeness (QED) is 0.859. The van der Waals surface area contributed by atoms with Crippen LogP contribution in [-0.4, -0.2) is 42.6 Å². The average molecular weight is 336 g/mol. The first-order chi connectivity index (χ1) is 10.5. The molecule has 116 valence electrons. The molecule has 5 nitrogen and oxygen atoms in total. The van der Waals surface area contributed by atoms with Crippen LogP contribution in [0.2, 0.25) is 0 Å². The summed E-state index contributed by atoms with van der Waals surface area (Å²) < 4.78 is 22.8. The van der Waals surface area contributed by atoms with Gasteiger partial charge in [0.15, 0.2) is 9.84 Å². The Morgan fingerprint density at radius 2 is 2.14 bits per heavy atom. The largest absolute Gasteiger partial charge is 0.352 e. The molecule has 1 aromatic heterocycles. The summed E-state index contributed by atoms with van der Waals surface area (Å²) in [4.78, 5) is 17.3. The van der Waals surface area contributed by atoms with E-state index in [4.69, 9.17) is 0 Å². The Bertz CT molecular complexity index is 800. The Morgan fingerprint density at radius 3 is 2.91 bits per heavy atom. The summed E-state index contributed by atoms with van der Waals surface area (Å²) in [5.74, 6) is 0.337. The minimum atomic E-state index is -2.97. The third-order valence-corrected chi connectivity index (χ3v) is 6.37. The predicted molar refractivity (Wildman–Crippen MR) is 87.7 cm³/mol. The molecule has 0 aliphatic carbocycles. The van der Waals surface area contributed by atoms with Crippen LogP contribution < -0.4 is 5.32 Å². The highest BCUT2D eigenvalue weighted by molar-refractivity contribution is 8.00. The number of benzene rings is 1. The molecule has 0 saturated carbocycles. The minimum Gasteiger partial charge on any atom is -0.352 e. The summed E-state index contributed by atoms with van der Waals surface area (Å²) >= 11 is 1.42. The van der Waals surface area contributed by atoms with E-state index >= 15 is 0 Å². The maximum absolute atomic E-state index is 12.0. The number of thioether (sulfide) groups is 1. The number of carbonyl (C=O) groups is 1. The zero-order valence-electron chi connectivity index (χ0n) is 11.9. The van der Waals surface area contributed by atoms with E-state index in [1.165, 1.54) is 11.8 Å². The van der Waals surface area contributed by atoms with Crippen molar-refractivity contribution in [3.05, 3.63) is 36.5 Å². The third-order valence-electron chi connectivity index (χ3n) is 3.55. The third kappa shape index (κ3) is 3.59. The zero-order valence-corrected chi connectivity index (χ0v) is 13.5. The second-order valence-electron chi connectivity index (χ2n) is 5.29. The van der Waals surface area contributed by atoms with Gasteiger partial charge in [0.2, 0.25) is 5.91 Å². The normalized spacial score (nSPS) is 20.1. The van der Waals surface area contributed by atoms with E-state index in [9.17, 15) is 13.2 Å². The summed E-state index contributed by atoms with van der Waals surface area (Å²) in [6, 6.07) is 9.47. The number of rotatable bonds is 4. The lowest BCUT2D eigenvalue weighted by Gasteiger charge is -2.11. The van der Waals surface area contributed by atoms with Gasteiger partial charge in [-0.2, -0.15) is 0 Å². The van der Waals surface area contributed by atoms with E-state index in [-0.39, 0.29) is 29.2 Å². The van der Waals surface area contributed by atoms with Crippen LogP contribution in [0.25, 0.3) is 10.9 Å². The molecule has 1 aliphatic heterocycles. The van der Waals surface area contributed by atoms with Crippen molar-refractivity contribution in [3.63, 3.8) is 0 Å². The highest BCUT2D eigenvalue weighted by atomic mass is 32.2. The first-order valence-corrected chi connectivity index (χ1v) is 9.80. The fourth-order valence-corrected chi connectivity index (χ4v) is 5.04. The minimum absolute atomic E-state index is 0.0548. The number of fused-ring (bicyclic) bond motifs is 1. The number of sulfone groups is 1. The smallest absolute Gasteiger partial charge is 0.230 e. The van der Waals surface area contributed by atoms with Crippen LogP contribution >= 0.6 is 11.8 Å². The molecule has 1 amide bonds. The molecule has 22 heavy (non-hydrogen) atoms. The summed E-state index contributed by atoms with van der Waals surface area (Å²) in [5, 5.41) is 3.83. The zero-order chi connectivity index (χ0) is 15.6. The van der Waals surface area contributed by atoms with Crippen molar-refractivity contribution < 1.29 is 13.2 Å². The van der Waals surface area contributed by atoms with Crippen LogP contribution in [0.3, 0.4) is 0 Å². The summed E-state index contributed by atoms with van der Waals surface area (Å²) in [5.41, 5.74) is 0.881. The molecular formula is C15H16N2O3S2. The maximum atomic E-state index is 12.0. The standard InChI is InChI=1S/C15H16N2O3S2/c18-14(17-12-6-8-22(19,20)10-12)9-21-13-5-1-3-11-4-2-7-16-15(11)13/h1-5,7,12H,6,8-10H2,(H,17,18)/t12-/m0/s1. The van der Waals surface area contributed by atoms with Gasteiger partial charge < -0.3 is 5.32 Å². The fourth-order valence-electron chi connectivity index (χ4n) is 2.51. The molecule has 1 N–H and O–H groups in total. The average Bonchev–Trinajstić information content (AvgIpc) is 2.84. The van der Waals surface area contributed by atoms with Crippen molar-refractivity contribution in [1.29, 1.82) is 0 Å². The fraction of sp³-hybridized carbons (Fsp3) is 0.333. The molecule has 2 aromatic rings. The van der Waals surface area contributed by atoms with Gasteiger partial charge >= 0.3 is 0 Å². The summed E-state index contributed by atoms with van der Waals surface area (Å²) in [6.45, 7) is 0. The lowest BCUT2D eigenvalue weighted by Crippen LogP contribution is -2.36. The number of pyridine rings is 1. The van der Waals surface area contributed by atoms with Gasteiger partial charge in [-0.15, -0.1) is 11.8 Å². The monoisotopic (exact) mass is 336 g/mol. The Hall–Kier alpha value is -1.60. The molecule has 3 rings (SSSR count). The van der Waals surface area contributed by atoms with E-state index < -0.39 is 9.84 Å². The van der Waals surface area contributed by atoms with Gasteiger partial charge in [0.05, 0.1) is 22.8 Å². The number of para-hydroxylation sites is 1. The molecule has 0 unspecified atom stereocenters. The Labute approximate surface area is 133 Å². The number of nitrogens with one attached hydrogen (secondary N) is 1. The first-order valence-electron chi connectivity index (χ1n) is 7.00. The molecule has 0 radical (unpaired) electrons. The highest BCUT2D eigenvalue weighted by Gasteiger charge is 2.28. The molecule has 0 spiro atoms. The van der Waals surface area contributed by atoms with Crippen LogP contribution in [0.15, 0.2) is 41.4 Å². The van der Waals surface area contributed by atoms with Crippen LogP contribution in [-0.2, 0) is 14.6 Å². The maximum Gasteiger partial charge on any atom is 0.230 e. The van der Waals surface area contributed by atoms with Crippen molar-refractivity contribution in [2.75, 3.05) is 17.3 Å². The second kappa shape index (κ2) is 6.26. The molecule has 7 heteroatoms. The molecule has 2 heterocycles. The number of nitrogens with zero attached hydrogens (tertiary/aromatic N) is 1. The molecule has 1 fully saturated rings. The van der Waals surface area contributed by atoms with E-state index in [0.29, 0.717) is 6.42 Å². The van der Waals surface area contributed by atoms with Crippen molar-refractivity contribution in [2.24, 2.45) is 0 Å². The molecule has 1 aromatic carbocycles. The Morgan fingerprint density at radius 1 is 1.32 bits per heavy atom. The lowest BCUT2D eigenvalue weighted by molar-refractivity contribution is -0.119. The van der Waals surface area contributed by atoms with Crippen molar-refractivity contribution in [1.82, 2.24) is 10.3 Å². The number of aromatic nitrogens is 1. The molecule has 0 bridgehead atoms. The van der Waals surface area contributed by atoms with Crippen molar-refractivity contribution in [2.45, 2.75) is 17.4 Å². The molecule has 1 saturated heterocycles. The Balaban J connectivity index is 1.61. The van der Waals surface area contributed by atoms with E-state index in [1.807, 2.05) is 30.3 Å². The van der Waals surface area contributed by atoms with E-state index in [1.54, 1.807) is 6.20 Å². The van der Waals surface area contributed by atoms with Gasteiger partial charge in [-0.25, -0.2) is 8.42 Å². The number of hydrogen-bond acceptors (Lipinski definition) is 5.